The third kappa shape index (κ3) is 4.06. The lowest BCUT2D eigenvalue weighted by Gasteiger charge is -2.21. The Morgan fingerprint density at radius 2 is 2.21 bits per heavy atom. The molecule has 4 nitrogen and oxygen atoms in total. The lowest BCUT2D eigenvalue weighted by molar-refractivity contribution is -0.118. The standard InChI is InChI=1S/C14H19NO3S/c1-14(2,3)19-8-7-17-10-5-4-6-11-13(10)15-12(16)9-18-11/h4-6H,7-9H2,1-3H3,(H,15,16). The molecule has 0 saturated carbocycles. The number of ether oxygens (including phenoxy) is 2. The van der Waals surface area contributed by atoms with E-state index in [4.69, 9.17) is 9.47 Å². The summed E-state index contributed by atoms with van der Waals surface area (Å²) in [7, 11) is 0. The predicted octanol–water partition coefficient (Wildman–Crippen LogP) is 2.93. The van der Waals surface area contributed by atoms with Crippen LogP contribution in [0, 0.1) is 0 Å². The zero-order valence-corrected chi connectivity index (χ0v) is 12.3. The Morgan fingerprint density at radius 1 is 1.42 bits per heavy atom. The Hall–Kier alpha value is -1.36. The number of benzene rings is 1. The van der Waals surface area contributed by atoms with Gasteiger partial charge in [0.1, 0.15) is 17.2 Å². The third-order valence-electron chi connectivity index (χ3n) is 2.49. The van der Waals surface area contributed by atoms with E-state index in [0.29, 0.717) is 23.8 Å². The number of carbonyl (C=O) groups is 1. The minimum absolute atomic E-state index is 0.0658. The van der Waals surface area contributed by atoms with E-state index in [2.05, 4.69) is 26.1 Å². The maximum absolute atomic E-state index is 11.3. The second-order valence-electron chi connectivity index (χ2n) is 5.28. The van der Waals surface area contributed by atoms with Crippen molar-refractivity contribution >= 4 is 23.4 Å². The van der Waals surface area contributed by atoms with Crippen LogP contribution in [0.3, 0.4) is 0 Å². The quantitative estimate of drug-likeness (QED) is 0.862. The molecule has 0 spiro atoms. The molecule has 1 heterocycles. The van der Waals surface area contributed by atoms with E-state index in [1.165, 1.54) is 0 Å². The van der Waals surface area contributed by atoms with Crippen LogP contribution in [-0.4, -0.2) is 29.6 Å². The Labute approximate surface area is 117 Å². The third-order valence-corrected chi connectivity index (χ3v) is 3.72. The monoisotopic (exact) mass is 281 g/mol. The molecular formula is C14H19NO3S. The van der Waals surface area contributed by atoms with Crippen molar-refractivity contribution in [3.05, 3.63) is 18.2 Å². The molecule has 5 heteroatoms. The van der Waals surface area contributed by atoms with Gasteiger partial charge in [-0.2, -0.15) is 11.8 Å². The van der Waals surface area contributed by atoms with Gasteiger partial charge >= 0.3 is 0 Å². The molecule has 0 atom stereocenters. The molecule has 1 aromatic rings. The first-order valence-corrected chi connectivity index (χ1v) is 7.27. The van der Waals surface area contributed by atoms with Crippen molar-refractivity contribution in [2.75, 3.05) is 24.3 Å². The summed E-state index contributed by atoms with van der Waals surface area (Å²) in [5, 5.41) is 2.79. The lowest BCUT2D eigenvalue weighted by Crippen LogP contribution is -2.25. The summed E-state index contributed by atoms with van der Waals surface area (Å²) in [6.07, 6.45) is 0. The molecule has 0 radical (unpaired) electrons. The van der Waals surface area contributed by atoms with Crippen LogP contribution in [0.25, 0.3) is 0 Å². The highest BCUT2D eigenvalue weighted by Gasteiger charge is 2.19. The molecule has 19 heavy (non-hydrogen) atoms. The largest absolute Gasteiger partial charge is 0.490 e. The van der Waals surface area contributed by atoms with Crippen molar-refractivity contribution in [2.24, 2.45) is 0 Å². The summed E-state index contributed by atoms with van der Waals surface area (Å²) in [4.78, 5) is 11.3. The number of hydrogen-bond acceptors (Lipinski definition) is 4. The maximum Gasteiger partial charge on any atom is 0.262 e. The highest BCUT2D eigenvalue weighted by atomic mass is 32.2. The number of hydrogen-bond donors (Lipinski definition) is 1. The van der Waals surface area contributed by atoms with Crippen LogP contribution in [0.15, 0.2) is 18.2 Å². The van der Waals surface area contributed by atoms with Crippen LogP contribution in [0.1, 0.15) is 20.8 Å². The molecule has 0 aromatic heterocycles. The fourth-order valence-corrected chi connectivity index (χ4v) is 2.47. The Bertz CT molecular complexity index is 468. The molecule has 0 saturated heterocycles. The van der Waals surface area contributed by atoms with Gasteiger partial charge in [-0.15, -0.1) is 0 Å². The smallest absolute Gasteiger partial charge is 0.262 e. The Balaban J connectivity index is 1.96. The molecule has 1 amide bonds. The molecule has 1 aliphatic heterocycles. The molecule has 104 valence electrons. The summed E-state index contributed by atoms with van der Waals surface area (Å²) in [6.45, 7) is 7.20. The normalized spacial score (nSPS) is 14.4. The molecular weight excluding hydrogens is 262 g/mol. The van der Waals surface area contributed by atoms with Gasteiger partial charge in [0.05, 0.1) is 6.61 Å². The van der Waals surface area contributed by atoms with E-state index in [1.54, 1.807) is 0 Å². The van der Waals surface area contributed by atoms with Crippen molar-refractivity contribution in [1.29, 1.82) is 0 Å². The summed E-state index contributed by atoms with van der Waals surface area (Å²) >= 11 is 1.85. The van der Waals surface area contributed by atoms with Crippen LogP contribution in [0.5, 0.6) is 11.5 Å². The first kappa shape index (κ1) is 14.1. The van der Waals surface area contributed by atoms with Crippen LogP contribution in [0.4, 0.5) is 5.69 Å². The number of rotatable bonds is 4. The van der Waals surface area contributed by atoms with Crippen molar-refractivity contribution < 1.29 is 14.3 Å². The SMILES string of the molecule is CC(C)(C)SCCOc1cccc2c1NC(=O)CO2. The highest BCUT2D eigenvalue weighted by molar-refractivity contribution is 8.00. The van der Waals surface area contributed by atoms with E-state index in [0.717, 1.165) is 5.75 Å². The molecule has 0 unspecified atom stereocenters. The summed E-state index contributed by atoms with van der Waals surface area (Å²) in [5.74, 6) is 2.09. The first-order chi connectivity index (χ1) is 8.96. The van der Waals surface area contributed by atoms with Crippen LogP contribution in [-0.2, 0) is 4.79 Å². The summed E-state index contributed by atoms with van der Waals surface area (Å²) < 4.78 is 11.3. The number of fused-ring (bicyclic) bond motifs is 1. The van der Waals surface area contributed by atoms with E-state index in [-0.39, 0.29) is 17.3 Å². The fourth-order valence-electron chi connectivity index (χ4n) is 1.69. The molecule has 2 rings (SSSR count). The molecule has 1 aromatic carbocycles. The minimum atomic E-state index is -0.146. The van der Waals surface area contributed by atoms with Crippen LogP contribution in [0.2, 0.25) is 0 Å². The molecule has 1 N–H and O–H groups in total. The summed E-state index contributed by atoms with van der Waals surface area (Å²) in [5.41, 5.74) is 0.638. The van der Waals surface area contributed by atoms with Gasteiger partial charge < -0.3 is 14.8 Å². The second kappa shape index (κ2) is 5.74. The van der Waals surface area contributed by atoms with Gasteiger partial charge in [0, 0.05) is 10.5 Å². The summed E-state index contributed by atoms with van der Waals surface area (Å²) in [6, 6.07) is 5.53. The molecule has 0 aliphatic carbocycles. The first-order valence-electron chi connectivity index (χ1n) is 6.28. The number of nitrogens with one attached hydrogen (secondary N) is 1. The number of amides is 1. The van der Waals surface area contributed by atoms with Gasteiger partial charge in [0.2, 0.25) is 0 Å². The minimum Gasteiger partial charge on any atom is -0.490 e. The Morgan fingerprint density at radius 3 is 2.95 bits per heavy atom. The van der Waals surface area contributed by atoms with Crippen molar-refractivity contribution in [3.8, 4) is 11.5 Å². The topological polar surface area (TPSA) is 47.6 Å². The Kier molecular flexibility index (Phi) is 4.24. The average Bonchev–Trinajstić information content (AvgIpc) is 2.33. The van der Waals surface area contributed by atoms with Gasteiger partial charge in [-0.3, -0.25) is 4.79 Å². The zero-order chi connectivity index (χ0) is 13.9. The maximum atomic E-state index is 11.3. The van der Waals surface area contributed by atoms with E-state index in [9.17, 15) is 4.79 Å². The van der Waals surface area contributed by atoms with Gasteiger partial charge in [0.15, 0.2) is 6.61 Å². The van der Waals surface area contributed by atoms with Crippen molar-refractivity contribution in [2.45, 2.75) is 25.5 Å². The van der Waals surface area contributed by atoms with Gasteiger partial charge in [-0.05, 0) is 12.1 Å². The zero-order valence-electron chi connectivity index (χ0n) is 11.5. The molecule has 0 fully saturated rings. The molecule has 1 aliphatic rings. The number of para-hydroxylation sites is 1. The van der Waals surface area contributed by atoms with Crippen LogP contribution >= 0.6 is 11.8 Å². The number of thioether (sulfide) groups is 1. The fraction of sp³-hybridized carbons (Fsp3) is 0.500. The van der Waals surface area contributed by atoms with Gasteiger partial charge in [0.25, 0.3) is 5.91 Å². The number of carbonyl (C=O) groups excluding carboxylic acids is 1. The molecule has 0 bridgehead atoms. The van der Waals surface area contributed by atoms with E-state index < -0.39 is 0 Å². The number of anilines is 1. The average molecular weight is 281 g/mol. The van der Waals surface area contributed by atoms with Crippen LogP contribution < -0.4 is 14.8 Å². The lowest BCUT2D eigenvalue weighted by atomic mass is 10.2. The van der Waals surface area contributed by atoms with Gasteiger partial charge in [-0.25, -0.2) is 0 Å². The van der Waals surface area contributed by atoms with E-state index >= 15 is 0 Å². The van der Waals surface area contributed by atoms with Gasteiger partial charge in [-0.1, -0.05) is 26.8 Å². The van der Waals surface area contributed by atoms with Crippen molar-refractivity contribution in [3.63, 3.8) is 0 Å². The highest BCUT2D eigenvalue weighted by Crippen LogP contribution is 2.36. The second-order valence-corrected chi connectivity index (χ2v) is 7.20. The predicted molar refractivity (Wildman–Crippen MR) is 78.3 cm³/mol. The van der Waals surface area contributed by atoms with Crippen molar-refractivity contribution in [1.82, 2.24) is 0 Å². The van der Waals surface area contributed by atoms with E-state index in [1.807, 2.05) is 30.0 Å².